The Hall–Kier alpha value is -3.56. The molecule has 0 saturated heterocycles. The summed E-state index contributed by atoms with van der Waals surface area (Å²) in [7, 11) is 0. The average Bonchev–Trinajstić information content (AvgIpc) is 3.13. The Kier molecular flexibility index (Phi) is 8.03. The first-order valence-corrected chi connectivity index (χ1v) is 11.2. The molecule has 1 aliphatic rings. The van der Waals surface area contributed by atoms with Crippen LogP contribution >= 0.6 is 0 Å². The lowest BCUT2D eigenvalue weighted by Gasteiger charge is -2.26. The van der Waals surface area contributed by atoms with Crippen LogP contribution in [0.1, 0.15) is 43.7 Å². The summed E-state index contributed by atoms with van der Waals surface area (Å²) in [5, 5.41) is 13.4. The number of benzene rings is 2. The fraction of sp³-hybridized carbons (Fsp3) is 0.400. The van der Waals surface area contributed by atoms with Crippen LogP contribution in [0.2, 0.25) is 0 Å². The van der Waals surface area contributed by atoms with E-state index in [-0.39, 0.29) is 12.5 Å². The SMILES string of the molecule is CC[C@H](C)[C@H](NC(=O)OCC1c2ccccc2-c2ccccc21)C(=O)NC(CC(F)(F)F)C(=O)O. The highest BCUT2D eigenvalue weighted by Gasteiger charge is 2.38. The largest absolute Gasteiger partial charge is 0.480 e. The molecular weight excluding hydrogens is 465 g/mol. The number of hydrogen-bond donors (Lipinski definition) is 3. The molecule has 0 radical (unpaired) electrons. The van der Waals surface area contributed by atoms with Gasteiger partial charge in [0.25, 0.3) is 0 Å². The molecule has 1 unspecified atom stereocenters. The Morgan fingerprint density at radius 3 is 2.03 bits per heavy atom. The van der Waals surface area contributed by atoms with E-state index in [2.05, 4.69) is 5.32 Å². The molecule has 2 aromatic carbocycles. The van der Waals surface area contributed by atoms with Crippen LogP contribution in [0.15, 0.2) is 48.5 Å². The van der Waals surface area contributed by atoms with Gasteiger partial charge in [0.15, 0.2) is 0 Å². The summed E-state index contributed by atoms with van der Waals surface area (Å²) >= 11 is 0. The molecule has 0 aliphatic heterocycles. The van der Waals surface area contributed by atoms with Crippen molar-refractivity contribution >= 4 is 18.0 Å². The molecule has 2 amide bonds. The number of fused-ring (bicyclic) bond motifs is 3. The first-order chi connectivity index (χ1) is 16.5. The summed E-state index contributed by atoms with van der Waals surface area (Å²) in [6, 6.07) is 12.0. The molecule has 3 rings (SSSR count). The van der Waals surface area contributed by atoms with E-state index in [4.69, 9.17) is 9.84 Å². The molecule has 3 atom stereocenters. The number of alkyl halides is 3. The number of hydrogen-bond acceptors (Lipinski definition) is 4. The molecular formula is C25H27F3N2O5. The standard InChI is InChI=1S/C25H27F3N2O5/c1-3-14(2)21(22(31)29-20(23(32)33)12-25(26,27)28)30-24(34)35-13-19-17-10-6-4-8-15(17)16-9-5-7-11-18(16)19/h4-11,14,19-21H,3,12-13H2,1-2H3,(H,29,31)(H,30,34)(H,32,33)/t14-,20?,21-/m0/s1. The zero-order valence-corrected chi connectivity index (χ0v) is 19.3. The summed E-state index contributed by atoms with van der Waals surface area (Å²) in [4.78, 5) is 36.5. The lowest BCUT2D eigenvalue weighted by atomic mass is 9.97. The highest BCUT2D eigenvalue weighted by atomic mass is 19.4. The predicted molar refractivity (Wildman–Crippen MR) is 122 cm³/mol. The van der Waals surface area contributed by atoms with E-state index >= 15 is 0 Å². The number of ether oxygens (including phenoxy) is 1. The van der Waals surface area contributed by atoms with Crippen LogP contribution in [0.25, 0.3) is 11.1 Å². The smallest absolute Gasteiger partial charge is 0.407 e. The minimum Gasteiger partial charge on any atom is -0.480 e. The molecule has 0 saturated carbocycles. The Labute approximate surface area is 200 Å². The van der Waals surface area contributed by atoms with E-state index in [0.717, 1.165) is 22.3 Å². The molecule has 0 aromatic heterocycles. The third-order valence-corrected chi connectivity index (χ3v) is 6.16. The van der Waals surface area contributed by atoms with Crippen molar-refractivity contribution in [3.63, 3.8) is 0 Å². The van der Waals surface area contributed by atoms with Crippen molar-refractivity contribution in [2.45, 2.75) is 50.9 Å². The maximum absolute atomic E-state index is 12.7. The minimum atomic E-state index is -4.79. The normalized spacial score (nSPS) is 15.3. The highest BCUT2D eigenvalue weighted by molar-refractivity contribution is 5.89. The minimum absolute atomic E-state index is 0.0134. The zero-order valence-electron chi connectivity index (χ0n) is 19.3. The number of carbonyl (C=O) groups excluding carboxylic acids is 2. The lowest BCUT2D eigenvalue weighted by molar-refractivity contribution is -0.160. The van der Waals surface area contributed by atoms with Crippen molar-refractivity contribution in [2.24, 2.45) is 5.92 Å². The van der Waals surface area contributed by atoms with Gasteiger partial charge >= 0.3 is 18.2 Å². The monoisotopic (exact) mass is 492 g/mol. The summed E-state index contributed by atoms with van der Waals surface area (Å²) in [5.74, 6) is -3.55. The molecule has 35 heavy (non-hydrogen) atoms. The van der Waals surface area contributed by atoms with Gasteiger partial charge < -0.3 is 20.5 Å². The van der Waals surface area contributed by atoms with Crippen LogP contribution in [0, 0.1) is 5.92 Å². The van der Waals surface area contributed by atoms with E-state index in [1.165, 1.54) is 0 Å². The van der Waals surface area contributed by atoms with Gasteiger partial charge in [-0.25, -0.2) is 9.59 Å². The second-order valence-electron chi connectivity index (χ2n) is 8.55. The van der Waals surface area contributed by atoms with Gasteiger partial charge in [-0.3, -0.25) is 4.79 Å². The van der Waals surface area contributed by atoms with Crippen LogP contribution < -0.4 is 10.6 Å². The number of carbonyl (C=O) groups is 3. The predicted octanol–water partition coefficient (Wildman–Crippen LogP) is 4.46. The van der Waals surface area contributed by atoms with Crippen molar-refractivity contribution in [1.82, 2.24) is 10.6 Å². The molecule has 0 bridgehead atoms. The van der Waals surface area contributed by atoms with Gasteiger partial charge in [-0.2, -0.15) is 13.2 Å². The molecule has 7 nitrogen and oxygen atoms in total. The molecule has 2 aromatic rings. The Morgan fingerprint density at radius 2 is 1.54 bits per heavy atom. The fourth-order valence-electron chi connectivity index (χ4n) is 4.16. The number of rotatable bonds is 9. The number of amides is 2. The third-order valence-electron chi connectivity index (χ3n) is 6.16. The highest BCUT2D eigenvalue weighted by Crippen LogP contribution is 2.44. The van der Waals surface area contributed by atoms with Crippen LogP contribution in [-0.2, 0) is 14.3 Å². The molecule has 188 valence electrons. The summed E-state index contributed by atoms with van der Waals surface area (Å²) in [5.41, 5.74) is 4.07. The summed E-state index contributed by atoms with van der Waals surface area (Å²) in [6.45, 7) is 3.34. The number of nitrogens with one attached hydrogen (secondary N) is 2. The second-order valence-corrected chi connectivity index (χ2v) is 8.55. The van der Waals surface area contributed by atoms with Gasteiger partial charge in [-0.1, -0.05) is 68.8 Å². The number of aliphatic carboxylic acids is 1. The first-order valence-electron chi connectivity index (χ1n) is 11.2. The quantitative estimate of drug-likeness (QED) is 0.479. The molecule has 0 spiro atoms. The van der Waals surface area contributed by atoms with E-state index in [9.17, 15) is 27.6 Å². The number of carboxylic acid groups (broad SMARTS) is 1. The molecule has 0 fully saturated rings. The van der Waals surface area contributed by atoms with Crippen molar-refractivity contribution in [2.75, 3.05) is 6.61 Å². The van der Waals surface area contributed by atoms with Crippen molar-refractivity contribution < 1.29 is 37.4 Å². The first kappa shape index (κ1) is 26.1. The molecule has 0 heterocycles. The van der Waals surface area contributed by atoms with Gasteiger partial charge in [-0.05, 0) is 28.2 Å². The van der Waals surface area contributed by atoms with Gasteiger partial charge in [0.05, 0.1) is 6.42 Å². The Balaban J connectivity index is 1.68. The van der Waals surface area contributed by atoms with Gasteiger partial charge in [0, 0.05) is 5.92 Å². The molecule has 10 heteroatoms. The van der Waals surface area contributed by atoms with Crippen molar-refractivity contribution in [1.29, 1.82) is 0 Å². The van der Waals surface area contributed by atoms with E-state index in [1.807, 2.05) is 53.8 Å². The topological polar surface area (TPSA) is 105 Å². The van der Waals surface area contributed by atoms with E-state index < -0.39 is 48.6 Å². The number of carboxylic acids is 1. The Morgan fingerprint density at radius 1 is 1.00 bits per heavy atom. The van der Waals surface area contributed by atoms with Crippen molar-refractivity contribution in [3.8, 4) is 11.1 Å². The average molecular weight is 492 g/mol. The van der Waals surface area contributed by atoms with Crippen LogP contribution in [-0.4, -0.2) is 47.9 Å². The summed E-state index contributed by atoms with van der Waals surface area (Å²) in [6.07, 6.45) is -7.04. The van der Waals surface area contributed by atoms with Crippen LogP contribution in [0.5, 0.6) is 0 Å². The third kappa shape index (κ3) is 6.32. The number of halogens is 3. The van der Waals surface area contributed by atoms with Crippen molar-refractivity contribution in [3.05, 3.63) is 59.7 Å². The molecule has 1 aliphatic carbocycles. The number of alkyl carbamates (subject to hydrolysis) is 1. The van der Waals surface area contributed by atoms with Gasteiger partial charge in [-0.15, -0.1) is 0 Å². The Bertz CT molecular complexity index is 1040. The maximum Gasteiger partial charge on any atom is 0.407 e. The van der Waals surface area contributed by atoms with Gasteiger partial charge in [0.2, 0.25) is 5.91 Å². The molecule has 3 N–H and O–H groups in total. The maximum atomic E-state index is 12.7. The van der Waals surface area contributed by atoms with E-state index in [0.29, 0.717) is 6.42 Å². The van der Waals surface area contributed by atoms with Crippen LogP contribution in [0.3, 0.4) is 0 Å². The zero-order chi connectivity index (χ0) is 25.8. The van der Waals surface area contributed by atoms with E-state index in [1.54, 1.807) is 13.8 Å². The lowest BCUT2D eigenvalue weighted by Crippen LogP contribution is -2.55. The summed E-state index contributed by atoms with van der Waals surface area (Å²) < 4.78 is 43.5. The van der Waals surface area contributed by atoms with Gasteiger partial charge in [0.1, 0.15) is 18.7 Å². The van der Waals surface area contributed by atoms with Crippen LogP contribution in [0.4, 0.5) is 18.0 Å². The second kappa shape index (κ2) is 10.8. The fourth-order valence-corrected chi connectivity index (χ4v) is 4.16.